The van der Waals surface area contributed by atoms with Gasteiger partial charge in [0.05, 0.1) is 0 Å². The van der Waals surface area contributed by atoms with E-state index >= 15 is 0 Å². The average Bonchev–Trinajstić information content (AvgIpc) is 1.83. The summed E-state index contributed by atoms with van der Waals surface area (Å²) >= 11 is 0. The van der Waals surface area contributed by atoms with Crippen LogP contribution in [0.1, 0.15) is 26.2 Å². The van der Waals surface area contributed by atoms with Crippen molar-refractivity contribution in [1.29, 1.82) is 0 Å². The van der Waals surface area contributed by atoms with Crippen LogP contribution >= 0.6 is 0 Å². The summed E-state index contributed by atoms with van der Waals surface area (Å²) in [7, 11) is 0. The predicted molar refractivity (Wildman–Crippen MR) is 39.0 cm³/mol. The van der Waals surface area contributed by atoms with Gasteiger partial charge >= 0.3 is 0 Å². The molecule has 0 heterocycles. The zero-order valence-corrected chi connectivity index (χ0v) is 6.01. The minimum Gasteiger partial charge on any atom is -0.326 e. The Bertz CT molecular complexity index is 82.9. The third-order valence-electron chi connectivity index (χ3n) is 2.35. The van der Waals surface area contributed by atoms with E-state index in [-0.39, 0.29) is 12.1 Å². The van der Waals surface area contributed by atoms with E-state index in [2.05, 4.69) is 6.92 Å². The Kier molecular flexibility index (Phi) is 2.09. The van der Waals surface area contributed by atoms with E-state index in [0.29, 0.717) is 5.92 Å². The van der Waals surface area contributed by atoms with Gasteiger partial charge in [-0.25, -0.2) is 0 Å². The van der Waals surface area contributed by atoms with Gasteiger partial charge in [-0.15, -0.1) is 0 Å². The van der Waals surface area contributed by atoms with E-state index in [1.807, 2.05) is 0 Å². The van der Waals surface area contributed by atoms with Crippen LogP contribution in [0.5, 0.6) is 0 Å². The zero-order chi connectivity index (χ0) is 6.85. The van der Waals surface area contributed by atoms with Crippen molar-refractivity contribution in [1.82, 2.24) is 0 Å². The molecular weight excluding hydrogens is 112 g/mol. The molecule has 9 heavy (non-hydrogen) atoms. The summed E-state index contributed by atoms with van der Waals surface area (Å²) in [6.45, 7) is 2.18. The van der Waals surface area contributed by atoms with Crippen molar-refractivity contribution in [2.45, 2.75) is 38.3 Å². The van der Waals surface area contributed by atoms with Crippen LogP contribution in [0.25, 0.3) is 0 Å². The van der Waals surface area contributed by atoms with Crippen molar-refractivity contribution in [3.8, 4) is 0 Å². The molecule has 0 aromatic heterocycles. The molecule has 0 saturated heterocycles. The van der Waals surface area contributed by atoms with Gasteiger partial charge < -0.3 is 11.5 Å². The molecule has 0 aromatic rings. The largest absolute Gasteiger partial charge is 0.326 e. The quantitative estimate of drug-likeness (QED) is 0.498. The molecule has 4 N–H and O–H groups in total. The lowest BCUT2D eigenvalue weighted by atomic mass is 9.83. The second kappa shape index (κ2) is 2.67. The highest BCUT2D eigenvalue weighted by Crippen LogP contribution is 2.20. The van der Waals surface area contributed by atoms with Crippen molar-refractivity contribution >= 4 is 0 Å². The maximum absolute atomic E-state index is 5.80. The summed E-state index contributed by atoms with van der Waals surface area (Å²) in [5.41, 5.74) is 11.5. The molecule has 0 radical (unpaired) electrons. The van der Waals surface area contributed by atoms with Gasteiger partial charge in [-0.3, -0.25) is 0 Å². The SMILES string of the molecule is C[C@@H]1CCC[C@H](N)[C@@H]1N. The highest BCUT2D eigenvalue weighted by Gasteiger charge is 2.23. The number of hydrogen-bond acceptors (Lipinski definition) is 2. The summed E-state index contributed by atoms with van der Waals surface area (Å²) in [5.74, 6) is 0.633. The van der Waals surface area contributed by atoms with E-state index in [0.717, 1.165) is 6.42 Å². The van der Waals surface area contributed by atoms with E-state index < -0.39 is 0 Å². The fourth-order valence-electron chi connectivity index (χ4n) is 1.48. The molecule has 1 aliphatic carbocycles. The first-order valence-electron chi connectivity index (χ1n) is 3.73. The van der Waals surface area contributed by atoms with Gasteiger partial charge in [0.2, 0.25) is 0 Å². The molecule has 1 rings (SSSR count). The molecule has 2 heteroatoms. The van der Waals surface area contributed by atoms with Crippen LogP contribution in [0.2, 0.25) is 0 Å². The standard InChI is InChI=1S/C7H16N2/c1-5-3-2-4-6(8)7(5)9/h5-7H,2-4,8-9H2,1H3/t5-,6+,7-/m1/s1. The molecule has 1 saturated carbocycles. The third kappa shape index (κ3) is 1.43. The fraction of sp³-hybridized carbons (Fsp3) is 1.00. The fourth-order valence-corrected chi connectivity index (χ4v) is 1.48. The Balaban J connectivity index is 2.41. The Hall–Kier alpha value is -0.0800. The van der Waals surface area contributed by atoms with Gasteiger partial charge in [-0.1, -0.05) is 13.3 Å². The molecule has 0 spiro atoms. The lowest BCUT2D eigenvalue weighted by Gasteiger charge is -2.30. The van der Waals surface area contributed by atoms with Gasteiger partial charge in [-0.05, 0) is 18.8 Å². The van der Waals surface area contributed by atoms with Crippen LogP contribution in [0, 0.1) is 5.92 Å². The number of rotatable bonds is 0. The Labute approximate surface area is 56.6 Å². The van der Waals surface area contributed by atoms with Gasteiger partial charge in [0, 0.05) is 12.1 Å². The normalized spacial score (nSPS) is 45.0. The molecule has 1 aliphatic rings. The summed E-state index contributed by atoms with van der Waals surface area (Å²) in [6, 6.07) is 0.507. The summed E-state index contributed by atoms with van der Waals surface area (Å²) in [5, 5.41) is 0. The first kappa shape index (κ1) is 7.03. The van der Waals surface area contributed by atoms with Crippen molar-refractivity contribution in [2.24, 2.45) is 17.4 Å². The first-order chi connectivity index (χ1) is 4.22. The lowest BCUT2D eigenvalue weighted by Crippen LogP contribution is -2.48. The van der Waals surface area contributed by atoms with Gasteiger partial charge in [0.15, 0.2) is 0 Å². The molecule has 2 nitrogen and oxygen atoms in total. The maximum Gasteiger partial charge on any atom is 0.0218 e. The van der Waals surface area contributed by atoms with Crippen LogP contribution < -0.4 is 11.5 Å². The van der Waals surface area contributed by atoms with Gasteiger partial charge in [0.1, 0.15) is 0 Å². The Morgan fingerprint density at radius 3 is 2.33 bits per heavy atom. The number of hydrogen-bond donors (Lipinski definition) is 2. The minimum absolute atomic E-state index is 0.249. The van der Waals surface area contributed by atoms with Gasteiger partial charge in [-0.2, -0.15) is 0 Å². The molecule has 0 aliphatic heterocycles. The van der Waals surface area contributed by atoms with Gasteiger partial charge in [0.25, 0.3) is 0 Å². The Morgan fingerprint density at radius 2 is 1.89 bits per heavy atom. The topological polar surface area (TPSA) is 52.0 Å². The van der Waals surface area contributed by atoms with Crippen LogP contribution in [0.3, 0.4) is 0 Å². The molecule has 54 valence electrons. The summed E-state index contributed by atoms with van der Waals surface area (Å²) in [4.78, 5) is 0. The average molecular weight is 128 g/mol. The van der Waals surface area contributed by atoms with Crippen molar-refractivity contribution < 1.29 is 0 Å². The smallest absolute Gasteiger partial charge is 0.0218 e. The van der Waals surface area contributed by atoms with Crippen LogP contribution in [0.15, 0.2) is 0 Å². The van der Waals surface area contributed by atoms with E-state index in [1.165, 1.54) is 12.8 Å². The highest BCUT2D eigenvalue weighted by molar-refractivity contribution is 4.84. The van der Waals surface area contributed by atoms with E-state index in [9.17, 15) is 0 Å². The third-order valence-corrected chi connectivity index (χ3v) is 2.35. The van der Waals surface area contributed by atoms with Crippen LogP contribution in [-0.4, -0.2) is 12.1 Å². The maximum atomic E-state index is 5.80. The van der Waals surface area contributed by atoms with Crippen LogP contribution in [-0.2, 0) is 0 Å². The minimum atomic E-state index is 0.249. The van der Waals surface area contributed by atoms with Crippen LogP contribution in [0.4, 0.5) is 0 Å². The summed E-state index contributed by atoms with van der Waals surface area (Å²) < 4.78 is 0. The second-order valence-corrected chi connectivity index (χ2v) is 3.15. The Morgan fingerprint density at radius 1 is 1.22 bits per heavy atom. The van der Waals surface area contributed by atoms with E-state index in [4.69, 9.17) is 11.5 Å². The molecule has 0 unspecified atom stereocenters. The molecule has 0 bridgehead atoms. The van der Waals surface area contributed by atoms with Crippen molar-refractivity contribution in [2.75, 3.05) is 0 Å². The molecule has 3 atom stereocenters. The molecule has 0 aromatic carbocycles. The lowest BCUT2D eigenvalue weighted by molar-refractivity contribution is 0.293. The molecule has 1 fully saturated rings. The summed E-state index contributed by atoms with van der Waals surface area (Å²) in [6.07, 6.45) is 3.64. The van der Waals surface area contributed by atoms with Crippen molar-refractivity contribution in [3.05, 3.63) is 0 Å². The second-order valence-electron chi connectivity index (χ2n) is 3.15. The monoisotopic (exact) mass is 128 g/mol. The number of nitrogens with two attached hydrogens (primary N) is 2. The zero-order valence-electron chi connectivity index (χ0n) is 6.01. The first-order valence-corrected chi connectivity index (χ1v) is 3.73. The van der Waals surface area contributed by atoms with E-state index in [1.54, 1.807) is 0 Å². The van der Waals surface area contributed by atoms with Crippen molar-refractivity contribution in [3.63, 3.8) is 0 Å². The molecular formula is C7H16N2. The highest BCUT2D eigenvalue weighted by atomic mass is 14.8. The predicted octanol–water partition coefficient (Wildman–Crippen LogP) is 0.461. The molecule has 0 amide bonds.